The van der Waals surface area contributed by atoms with E-state index < -0.39 is 5.41 Å². The second-order valence-corrected chi connectivity index (χ2v) is 4.54. The molecule has 0 bridgehead atoms. The molecule has 0 saturated heterocycles. The van der Waals surface area contributed by atoms with E-state index in [9.17, 15) is 10.2 Å². The van der Waals surface area contributed by atoms with Crippen LogP contribution in [0.4, 0.5) is 5.69 Å². The van der Waals surface area contributed by atoms with Crippen LogP contribution >= 0.6 is 0 Å². The van der Waals surface area contributed by atoms with Gasteiger partial charge in [-0.15, -0.1) is 0 Å². The Kier molecular flexibility index (Phi) is 4.52. The molecule has 0 fully saturated rings. The summed E-state index contributed by atoms with van der Waals surface area (Å²) in [6.45, 7) is 4.15. The monoisotopic (exact) mass is 237 g/mol. The number of benzene rings is 1. The van der Waals surface area contributed by atoms with Gasteiger partial charge in [0.15, 0.2) is 0 Å². The number of aliphatic hydroxyl groups is 2. The smallest absolute Gasteiger partial charge is 0.342 e. The number of aryl methyl sites for hydroxylation is 1. The van der Waals surface area contributed by atoms with Crippen LogP contribution in [0.1, 0.15) is 12.5 Å². The zero-order valence-corrected chi connectivity index (χ0v) is 10.6. The van der Waals surface area contributed by atoms with Gasteiger partial charge in [-0.1, -0.05) is 12.1 Å². The van der Waals surface area contributed by atoms with Gasteiger partial charge in [-0.25, -0.2) is 4.99 Å². The van der Waals surface area contributed by atoms with Crippen molar-refractivity contribution in [3.8, 4) is 0 Å². The van der Waals surface area contributed by atoms with Gasteiger partial charge in [0.2, 0.25) is 0 Å². The van der Waals surface area contributed by atoms with Crippen molar-refractivity contribution in [3.05, 3.63) is 29.8 Å². The van der Waals surface area contributed by atoms with Crippen molar-refractivity contribution in [1.82, 2.24) is 0 Å². The van der Waals surface area contributed by atoms with Crippen molar-refractivity contribution in [2.75, 3.05) is 25.5 Å². The van der Waals surface area contributed by atoms with E-state index in [1.807, 2.05) is 31.2 Å². The Morgan fingerprint density at radius 2 is 2.18 bits per heavy atom. The molecule has 0 saturated carbocycles. The third-order valence-corrected chi connectivity index (χ3v) is 2.86. The number of anilines is 1. The summed E-state index contributed by atoms with van der Waals surface area (Å²) < 4.78 is 0. The molecule has 0 aliphatic rings. The summed E-state index contributed by atoms with van der Waals surface area (Å²) in [5.74, 6) is 0.0835. The van der Waals surface area contributed by atoms with E-state index >= 15 is 0 Å². The zero-order valence-electron chi connectivity index (χ0n) is 10.6. The zero-order chi connectivity index (χ0) is 12.9. The standard InChI is InChI=1S/C13H20N2O2/c1-10-5-4-6-11(7-10)15-8-13(2,9-16)12(17)14-3/h4-7,15-16H,8-9H2,1-3H3,(H,14,17)/p+1. The van der Waals surface area contributed by atoms with Crippen molar-refractivity contribution >= 4 is 11.6 Å². The van der Waals surface area contributed by atoms with Gasteiger partial charge in [-0.05, 0) is 31.5 Å². The molecule has 0 aliphatic carbocycles. The molecular weight excluding hydrogens is 216 g/mol. The van der Waals surface area contributed by atoms with E-state index in [1.165, 1.54) is 5.56 Å². The van der Waals surface area contributed by atoms with Crippen LogP contribution < -0.4 is 10.3 Å². The van der Waals surface area contributed by atoms with Crippen molar-refractivity contribution in [2.24, 2.45) is 5.41 Å². The third-order valence-electron chi connectivity index (χ3n) is 2.86. The molecule has 17 heavy (non-hydrogen) atoms. The predicted octanol–water partition coefficient (Wildman–Crippen LogP) is 0.0724. The van der Waals surface area contributed by atoms with Crippen LogP contribution in [0.3, 0.4) is 0 Å². The molecule has 1 atom stereocenters. The summed E-state index contributed by atoms with van der Waals surface area (Å²) in [7, 11) is 1.63. The Labute approximate surface area is 102 Å². The first-order valence-corrected chi connectivity index (χ1v) is 5.67. The van der Waals surface area contributed by atoms with Gasteiger partial charge >= 0.3 is 5.90 Å². The molecule has 1 unspecified atom stereocenters. The molecule has 0 amide bonds. The molecule has 0 aliphatic heterocycles. The molecule has 4 N–H and O–H groups in total. The summed E-state index contributed by atoms with van der Waals surface area (Å²) in [4.78, 5) is 2.68. The molecule has 0 radical (unpaired) electrons. The molecule has 4 heteroatoms. The third kappa shape index (κ3) is 3.46. The van der Waals surface area contributed by atoms with E-state index in [-0.39, 0.29) is 12.5 Å². The second kappa shape index (κ2) is 5.68. The van der Waals surface area contributed by atoms with Crippen LogP contribution in [0.5, 0.6) is 0 Å². The summed E-state index contributed by atoms with van der Waals surface area (Å²) in [6.07, 6.45) is 0. The largest absolute Gasteiger partial charge is 0.463 e. The van der Waals surface area contributed by atoms with Crippen molar-refractivity contribution in [1.29, 1.82) is 0 Å². The number of nitrogens with one attached hydrogen (secondary N) is 2. The van der Waals surface area contributed by atoms with Crippen LogP contribution in [-0.2, 0) is 0 Å². The van der Waals surface area contributed by atoms with Crippen LogP contribution in [0.2, 0.25) is 0 Å². The Bertz CT molecular complexity index is 404. The fourth-order valence-corrected chi connectivity index (χ4v) is 1.57. The van der Waals surface area contributed by atoms with Crippen molar-refractivity contribution < 1.29 is 15.2 Å². The minimum atomic E-state index is -0.696. The molecular formula is C13H21N2O2+. The highest BCUT2D eigenvalue weighted by Crippen LogP contribution is 2.17. The van der Waals surface area contributed by atoms with E-state index in [0.29, 0.717) is 6.54 Å². The fourth-order valence-electron chi connectivity index (χ4n) is 1.57. The average Bonchev–Trinajstić information content (AvgIpc) is 2.35. The average molecular weight is 237 g/mol. The topological polar surface area (TPSA) is 66.5 Å². The van der Waals surface area contributed by atoms with Gasteiger partial charge in [0.25, 0.3) is 0 Å². The summed E-state index contributed by atoms with van der Waals surface area (Å²) in [6, 6.07) is 7.97. The maximum atomic E-state index is 9.72. The lowest BCUT2D eigenvalue weighted by Crippen LogP contribution is -2.72. The molecule has 0 spiro atoms. The highest BCUT2D eigenvalue weighted by molar-refractivity contribution is 5.75. The minimum Gasteiger partial charge on any atom is -0.463 e. The Morgan fingerprint density at radius 1 is 1.47 bits per heavy atom. The first-order chi connectivity index (χ1) is 8.01. The van der Waals surface area contributed by atoms with Crippen LogP contribution in [-0.4, -0.2) is 36.3 Å². The number of aliphatic hydroxyl groups excluding tert-OH is 2. The molecule has 0 heterocycles. The molecule has 1 rings (SSSR count). The molecule has 4 nitrogen and oxygen atoms in total. The lowest BCUT2D eigenvalue weighted by molar-refractivity contribution is -0.436. The minimum absolute atomic E-state index is 0.0835. The fraction of sp³-hybridized carbons (Fsp3) is 0.462. The summed E-state index contributed by atoms with van der Waals surface area (Å²) in [5.41, 5.74) is 1.45. The quantitative estimate of drug-likeness (QED) is 0.433. The van der Waals surface area contributed by atoms with Gasteiger partial charge in [0.1, 0.15) is 12.5 Å². The predicted molar refractivity (Wildman–Crippen MR) is 69.4 cm³/mol. The van der Waals surface area contributed by atoms with E-state index in [2.05, 4.69) is 10.3 Å². The van der Waals surface area contributed by atoms with Crippen molar-refractivity contribution in [2.45, 2.75) is 13.8 Å². The molecule has 1 aromatic carbocycles. The van der Waals surface area contributed by atoms with Gasteiger partial charge in [-0.3, -0.25) is 0 Å². The number of hydrogen-bond donors (Lipinski definition) is 4. The van der Waals surface area contributed by atoms with Gasteiger partial charge in [0, 0.05) is 12.2 Å². The maximum absolute atomic E-state index is 9.72. The first-order valence-electron chi connectivity index (χ1n) is 5.67. The normalized spacial score (nSPS) is 15.4. The molecule has 0 aromatic heterocycles. The van der Waals surface area contributed by atoms with Crippen molar-refractivity contribution in [3.63, 3.8) is 0 Å². The maximum Gasteiger partial charge on any atom is 0.342 e. The highest BCUT2D eigenvalue weighted by atomic mass is 16.3. The summed E-state index contributed by atoms with van der Waals surface area (Å²) >= 11 is 0. The molecule has 94 valence electrons. The Morgan fingerprint density at radius 3 is 2.71 bits per heavy atom. The number of hydrogen-bond acceptors (Lipinski definition) is 2. The lowest BCUT2D eigenvalue weighted by Gasteiger charge is -2.22. The Hall–Kier alpha value is -1.55. The SMILES string of the molecule is C[NH+]=C(O)C(C)(CO)CNc1cccc(C)c1. The van der Waals surface area contributed by atoms with Crippen LogP contribution in [0.15, 0.2) is 24.3 Å². The molecule has 1 aromatic rings. The van der Waals surface area contributed by atoms with Crippen LogP contribution in [0.25, 0.3) is 0 Å². The first kappa shape index (κ1) is 13.5. The van der Waals surface area contributed by atoms with E-state index in [4.69, 9.17) is 0 Å². The number of rotatable bonds is 5. The van der Waals surface area contributed by atoms with E-state index in [0.717, 1.165) is 5.69 Å². The van der Waals surface area contributed by atoms with E-state index in [1.54, 1.807) is 14.0 Å². The van der Waals surface area contributed by atoms with Crippen LogP contribution in [0, 0.1) is 12.3 Å². The summed E-state index contributed by atoms with van der Waals surface area (Å²) in [5, 5.41) is 22.3. The van der Waals surface area contributed by atoms with Gasteiger partial charge in [0.05, 0.1) is 6.61 Å². The Balaban J connectivity index is 2.72. The van der Waals surface area contributed by atoms with Gasteiger partial charge < -0.3 is 15.5 Å². The second-order valence-electron chi connectivity index (χ2n) is 4.54. The highest BCUT2D eigenvalue weighted by Gasteiger charge is 2.34. The van der Waals surface area contributed by atoms with Gasteiger partial charge in [-0.2, -0.15) is 0 Å². The lowest BCUT2D eigenvalue weighted by atomic mass is 9.91.